The second-order valence-electron chi connectivity index (χ2n) is 5.05. The largest absolute Gasteiger partial charge is 0.334 e. The third-order valence-electron chi connectivity index (χ3n) is 3.02. The molecule has 9 heteroatoms. The molecule has 0 bridgehead atoms. The van der Waals surface area contributed by atoms with Crippen molar-refractivity contribution < 1.29 is 0 Å². The van der Waals surface area contributed by atoms with E-state index in [0.29, 0.717) is 6.54 Å². The third-order valence-corrected chi connectivity index (χ3v) is 3.02. The Labute approximate surface area is 130 Å². The van der Waals surface area contributed by atoms with E-state index in [1.165, 1.54) is 4.57 Å². The maximum Gasteiger partial charge on any atom is 0.334 e. The van der Waals surface area contributed by atoms with Crippen LogP contribution in [0.5, 0.6) is 0 Å². The van der Waals surface area contributed by atoms with Crippen LogP contribution < -0.4 is 5.69 Å². The van der Waals surface area contributed by atoms with Crippen LogP contribution in [0.4, 0.5) is 0 Å². The van der Waals surface area contributed by atoms with E-state index in [9.17, 15) is 15.3 Å². The topological polar surface area (TPSA) is 151 Å². The molecule has 9 nitrogen and oxygen atoms in total. The van der Waals surface area contributed by atoms with Gasteiger partial charge in [-0.3, -0.25) is 9.55 Å². The number of imidazole rings is 2. The Balaban J connectivity index is 2.89. The van der Waals surface area contributed by atoms with Crippen molar-refractivity contribution in [1.82, 2.24) is 19.1 Å². The Hall–Kier alpha value is -3.82. The van der Waals surface area contributed by atoms with Crippen molar-refractivity contribution in [2.45, 2.75) is 20.4 Å². The fourth-order valence-corrected chi connectivity index (χ4v) is 2.15. The van der Waals surface area contributed by atoms with Gasteiger partial charge in [0.25, 0.3) is 0 Å². The van der Waals surface area contributed by atoms with Gasteiger partial charge >= 0.3 is 5.69 Å². The third kappa shape index (κ3) is 2.44. The molecule has 0 amide bonds. The molecule has 0 aliphatic carbocycles. The number of hydrogen-bond acceptors (Lipinski definition) is 6. The van der Waals surface area contributed by atoms with Gasteiger partial charge < -0.3 is 0 Å². The zero-order chi connectivity index (χ0) is 17.1. The minimum Gasteiger partial charge on any atom is -0.300 e. The van der Waals surface area contributed by atoms with Crippen molar-refractivity contribution in [3.63, 3.8) is 0 Å². The SMILES string of the molecule is CC(C)Cn1c(-n2c(C#N)c(C#N)[nH]c2=O)nc(C#N)c1C#N. The number of nitriles is 4. The fraction of sp³-hybridized carbons (Fsp3) is 0.286. The van der Waals surface area contributed by atoms with Gasteiger partial charge in [0, 0.05) is 6.54 Å². The molecule has 0 saturated heterocycles. The number of H-pyrrole nitrogens is 1. The lowest BCUT2D eigenvalue weighted by atomic mass is 10.2. The molecule has 0 aliphatic heterocycles. The van der Waals surface area contributed by atoms with Crippen molar-refractivity contribution in [1.29, 1.82) is 21.0 Å². The lowest BCUT2D eigenvalue weighted by molar-refractivity contribution is 0.511. The number of nitrogens with zero attached hydrogens (tertiary/aromatic N) is 7. The molecule has 0 unspecified atom stereocenters. The lowest BCUT2D eigenvalue weighted by Gasteiger charge is -2.11. The molecule has 0 fully saturated rings. The number of hydrogen-bond donors (Lipinski definition) is 1. The van der Waals surface area contributed by atoms with E-state index in [2.05, 4.69) is 9.97 Å². The minimum atomic E-state index is -0.734. The van der Waals surface area contributed by atoms with Gasteiger partial charge in [-0.15, -0.1) is 0 Å². The molecule has 0 aliphatic rings. The standard InChI is InChI=1S/C14H10N8O/c1-8(2)7-21-11(5-17)9(3-15)19-13(21)22-12(6-18)10(4-16)20-14(22)23/h8H,7H2,1-2H3,(H,20,23). The van der Waals surface area contributed by atoms with E-state index in [1.54, 1.807) is 18.2 Å². The normalized spacial score (nSPS) is 9.87. The first-order valence-corrected chi connectivity index (χ1v) is 6.54. The van der Waals surface area contributed by atoms with E-state index in [1.807, 2.05) is 19.9 Å². The minimum absolute atomic E-state index is 0.00620. The van der Waals surface area contributed by atoms with E-state index < -0.39 is 5.69 Å². The molecule has 2 aromatic rings. The van der Waals surface area contributed by atoms with Gasteiger partial charge in [-0.2, -0.15) is 26.0 Å². The Morgan fingerprint density at radius 3 is 2.22 bits per heavy atom. The Morgan fingerprint density at radius 1 is 1.09 bits per heavy atom. The van der Waals surface area contributed by atoms with Gasteiger partial charge in [0.15, 0.2) is 22.8 Å². The molecule has 2 rings (SSSR count). The predicted octanol–water partition coefficient (Wildman–Crippen LogP) is 0.505. The molecule has 2 aromatic heterocycles. The van der Waals surface area contributed by atoms with Gasteiger partial charge in [-0.25, -0.2) is 9.36 Å². The van der Waals surface area contributed by atoms with Gasteiger partial charge in [-0.1, -0.05) is 13.8 Å². The molecule has 2 heterocycles. The molecule has 0 radical (unpaired) electrons. The molecule has 23 heavy (non-hydrogen) atoms. The van der Waals surface area contributed by atoms with Crippen LogP contribution in [0.3, 0.4) is 0 Å². The highest BCUT2D eigenvalue weighted by atomic mass is 16.1. The zero-order valence-corrected chi connectivity index (χ0v) is 12.3. The highest BCUT2D eigenvalue weighted by Crippen LogP contribution is 2.18. The highest BCUT2D eigenvalue weighted by molar-refractivity contribution is 5.45. The van der Waals surface area contributed by atoms with Crippen LogP contribution in [0.1, 0.15) is 36.6 Å². The number of aromatic nitrogens is 4. The van der Waals surface area contributed by atoms with Crippen LogP contribution >= 0.6 is 0 Å². The molecule has 112 valence electrons. The molecule has 0 saturated carbocycles. The van der Waals surface area contributed by atoms with Crippen LogP contribution in [0.2, 0.25) is 0 Å². The number of rotatable bonds is 3. The fourth-order valence-electron chi connectivity index (χ4n) is 2.15. The molecule has 0 atom stereocenters. The lowest BCUT2D eigenvalue weighted by Crippen LogP contribution is -2.22. The first kappa shape index (κ1) is 15.6. The van der Waals surface area contributed by atoms with Crippen LogP contribution in [0.25, 0.3) is 5.95 Å². The molecular formula is C14H10N8O. The summed E-state index contributed by atoms with van der Waals surface area (Å²) in [6.45, 7) is 4.10. The monoisotopic (exact) mass is 306 g/mol. The second-order valence-corrected chi connectivity index (χ2v) is 5.05. The number of nitrogens with one attached hydrogen (secondary N) is 1. The summed E-state index contributed by atoms with van der Waals surface area (Å²) in [4.78, 5) is 18.4. The number of aromatic amines is 1. The van der Waals surface area contributed by atoms with Gasteiger partial charge in [-0.05, 0) is 5.92 Å². The average molecular weight is 306 g/mol. The van der Waals surface area contributed by atoms with Crippen molar-refractivity contribution in [2.24, 2.45) is 5.92 Å². The van der Waals surface area contributed by atoms with Crippen molar-refractivity contribution in [2.75, 3.05) is 0 Å². The molecule has 0 aromatic carbocycles. The van der Waals surface area contributed by atoms with Gasteiger partial charge in [0.05, 0.1) is 0 Å². The summed E-state index contributed by atoms with van der Waals surface area (Å²) < 4.78 is 2.31. The van der Waals surface area contributed by atoms with Gasteiger partial charge in [0.1, 0.15) is 24.3 Å². The molecule has 1 N–H and O–H groups in total. The smallest absolute Gasteiger partial charge is 0.300 e. The summed E-state index contributed by atoms with van der Waals surface area (Å²) in [5.41, 5.74) is -1.29. The van der Waals surface area contributed by atoms with Crippen molar-refractivity contribution >= 4 is 0 Å². The van der Waals surface area contributed by atoms with E-state index in [4.69, 9.17) is 10.5 Å². The van der Waals surface area contributed by atoms with E-state index in [-0.39, 0.29) is 34.6 Å². The zero-order valence-electron chi connectivity index (χ0n) is 12.3. The van der Waals surface area contributed by atoms with Crippen molar-refractivity contribution in [3.8, 4) is 30.2 Å². The summed E-state index contributed by atoms with van der Waals surface area (Å²) in [5, 5.41) is 36.6. The average Bonchev–Trinajstić information content (AvgIpc) is 3.02. The Morgan fingerprint density at radius 2 is 1.74 bits per heavy atom. The summed E-state index contributed by atoms with van der Waals surface area (Å²) in [6, 6.07) is 7.18. The Bertz CT molecular complexity index is 990. The summed E-state index contributed by atoms with van der Waals surface area (Å²) in [7, 11) is 0. The van der Waals surface area contributed by atoms with Crippen LogP contribution in [0.15, 0.2) is 4.79 Å². The predicted molar refractivity (Wildman–Crippen MR) is 75.9 cm³/mol. The first-order valence-electron chi connectivity index (χ1n) is 6.54. The maximum absolute atomic E-state index is 12.1. The Kier molecular flexibility index (Phi) is 3.99. The van der Waals surface area contributed by atoms with Crippen LogP contribution in [0, 0.1) is 51.2 Å². The van der Waals surface area contributed by atoms with E-state index >= 15 is 0 Å². The van der Waals surface area contributed by atoms with Gasteiger partial charge in [0.2, 0.25) is 5.95 Å². The van der Waals surface area contributed by atoms with Crippen LogP contribution in [-0.2, 0) is 6.54 Å². The molecule has 0 spiro atoms. The van der Waals surface area contributed by atoms with E-state index in [0.717, 1.165) is 4.57 Å². The highest BCUT2D eigenvalue weighted by Gasteiger charge is 2.24. The quantitative estimate of drug-likeness (QED) is 0.872. The molecular weight excluding hydrogens is 296 g/mol. The first-order chi connectivity index (χ1) is 11.0. The van der Waals surface area contributed by atoms with Crippen molar-refractivity contribution in [3.05, 3.63) is 33.3 Å². The van der Waals surface area contributed by atoms with Crippen LogP contribution in [-0.4, -0.2) is 19.1 Å². The summed E-state index contributed by atoms with van der Waals surface area (Å²) >= 11 is 0. The summed E-state index contributed by atoms with van der Waals surface area (Å²) in [6.07, 6.45) is 0. The summed E-state index contributed by atoms with van der Waals surface area (Å²) in [5.74, 6) is 0.0586. The maximum atomic E-state index is 12.1. The second kappa shape index (κ2) is 5.89.